The van der Waals surface area contributed by atoms with Crippen LogP contribution in [0.5, 0.6) is 5.75 Å². The van der Waals surface area contributed by atoms with E-state index in [1.54, 1.807) is 26.9 Å². The third kappa shape index (κ3) is 6.85. The van der Waals surface area contributed by atoms with E-state index in [1.165, 1.54) is 0 Å². The lowest BCUT2D eigenvalue weighted by molar-refractivity contribution is -0.140. The van der Waals surface area contributed by atoms with E-state index >= 15 is 0 Å². The van der Waals surface area contributed by atoms with Crippen molar-refractivity contribution in [3.8, 4) is 5.75 Å². The summed E-state index contributed by atoms with van der Waals surface area (Å²) in [4.78, 5) is 51.3. The largest absolute Gasteiger partial charge is 0.494 e. The Balaban J connectivity index is 1.50. The normalized spacial score (nSPS) is 23.7. The van der Waals surface area contributed by atoms with Gasteiger partial charge in [0.2, 0.25) is 11.8 Å². The number of benzene rings is 2. The zero-order chi connectivity index (χ0) is 35.1. The maximum Gasteiger partial charge on any atom is 0.253 e. The first-order valence-corrected chi connectivity index (χ1v) is 17.8. The fraction of sp³-hybridized carbons (Fsp3) is 0.513. The predicted molar refractivity (Wildman–Crippen MR) is 193 cm³/mol. The molecular weight excluding hydrogens is 620 g/mol. The molecule has 2 aromatic rings. The van der Waals surface area contributed by atoms with Crippen molar-refractivity contribution in [2.45, 2.75) is 70.6 Å². The van der Waals surface area contributed by atoms with Crippen LogP contribution >= 0.6 is 0 Å². The minimum atomic E-state index is -1.13. The maximum absolute atomic E-state index is 14.9. The van der Waals surface area contributed by atoms with Crippen LogP contribution in [-0.2, 0) is 19.1 Å². The van der Waals surface area contributed by atoms with E-state index in [4.69, 9.17) is 9.47 Å². The Labute approximate surface area is 290 Å². The van der Waals surface area contributed by atoms with Gasteiger partial charge in [-0.1, -0.05) is 12.2 Å². The molecule has 2 aromatic carbocycles. The average Bonchev–Trinajstić information content (AvgIpc) is 3.76. The Morgan fingerprint density at radius 3 is 2.08 bits per heavy atom. The molecule has 10 heteroatoms. The van der Waals surface area contributed by atoms with Gasteiger partial charge in [-0.05, 0) is 101 Å². The molecule has 0 aromatic heterocycles. The number of nitrogens with zero attached hydrogens (tertiary/aromatic N) is 4. The van der Waals surface area contributed by atoms with Gasteiger partial charge >= 0.3 is 0 Å². The molecule has 10 nitrogen and oxygen atoms in total. The fourth-order valence-electron chi connectivity index (χ4n) is 8.08. The summed E-state index contributed by atoms with van der Waals surface area (Å²) in [6.07, 6.45) is 5.90. The highest BCUT2D eigenvalue weighted by atomic mass is 16.5. The lowest BCUT2D eigenvalue weighted by Crippen LogP contribution is -2.56. The number of carbonyl (C=O) groups is 3. The Kier molecular flexibility index (Phi) is 11.8. The maximum atomic E-state index is 14.9. The van der Waals surface area contributed by atoms with Gasteiger partial charge in [-0.15, -0.1) is 13.2 Å². The highest BCUT2D eigenvalue weighted by Gasteiger charge is 2.75. The summed E-state index contributed by atoms with van der Waals surface area (Å²) in [5.74, 6) is -1.50. The summed E-state index contributed by atoms with van der Waals surface area (Å²) in [6.45, 7) is 17.1. The number of rotatable bonds is 18. The van der Waals surface area contributed by atoms with Crippen molar-refractivity contribution in [3.05, 3.63) is 73.8 Å². The molecule has 0 radical (unpaired) electrons. The molecule has 3 fully saturated rings. The smallest absolute Gasteiger partial charge is 0.253 e. The van der Waals surface area contributed by atoms with Gasteiger partial charge in [-0.2, -0.15) is 0 Å². The lowest BCUT2D eigenvalue weighted by atomic mass is 9.70. The van der Waals surface area contributed by atoms with Gasteiger partial charge in [0.1, 0.15) is 17.4 Å². The Morgan fingerprint density at radius 1 is 0.918 bits per heavy atom. The zero-order valence-corrected chi connectivity index (χ0v) is 29.3. The number of aliphatic hydroxyl groups is 1. The SMILES string of the molecule is C=CCN(C(=O)C1N(CCCCCO)C(=O)[C@@H]2[C@H](C(=O)N(CC=C)c3ccc(OCC)cc3)[C@@H]3CCC12O3)c1ccc(N(CC)CC)cc1. The van der Waals surface area contributed by atoms with E-state index in [0.717, 1.165) is 18.8 Å². The van der Waals surface area contributed by atoms with Crippen LogP contribution in [0.4, 0.5) is 17.1 Å². The van der Waals surface area contributed by atoms with E-state index in [9.17, 15) is 19.5 Å². The number of fused-ring (bicyclic) bond motifs is 1. The molecule has 3 amide bonds. The van der Waals surface area contributed by atoms with Crippen LogP contribution in [-0.4, -0.2) is 91.4 Å². The number of unbranched alkanes of at least 4 members (excludes halogenated alkanes) is 2. The molecule has 1 spiro atoms. The van der Waals surface area contributed by atoms with Crippen molar-refractivity contribution in [1.82, 2.24) is 4.90 Å². The van der Waals surface area contributed by atoms with E-state index in [-0.39, 0.29) is 37.4 Å². The second kappa shape index (κ2) is 16.0. The van der Waals surface area contributed by atoms with Crippen molar-refractivity contribution in [1.29, 1.82) is 0 Å². The molecule has 1 N–H and O–H groups in total. The minimum absolute atomic E-state index is 0.0610. The third-order valence-corrected chi connectivity index (χ3v) is 10.3. The summed E-state index contributed by atoms with van der Waals surface area (Å²) < 4.78 is 12.4. The van der Waals surface area contributed by atoms with Crippen molar-refractivity contribution in [2.75, 3.05) is 60.6 Å². The molecular formula is C39H52N4O6. The van der Waals surface area contributed by atoms with Crippen LogP contribution in [0, 0.1) is 11.8 Å². The van der Waals surface area contributed by atoms with E-state index in [2.05, 4.69) is 31.9 Å². The van der Waals surface area contributed by atoms with Crippen LogP contribution in [0.2, 0.25) is 0 Å². The quantitative estimate of drug-likeness (QED) is 0.172. The first-order chi connectivity index (χ1) is 23.8. The van der Waals surface area contributed by atoms with Crippen molar-refractivity contribution >= 4 is 34.8 Å². The predicted octanol–water partition coefficient (Wildman–Crippen LogP) is 5.21. The Bertz CT molecular complexity index is 1480. The van der Waals surface area contributed by atoms with Gasteiger partial charge in [0.15, 0.2) is 0 Å². The first-order valence-electron chi connectivity index (χ1n) is 17.8. The molecule has 2 bridgehead atoms. The monoisotopic (exact) mass is 672 g/mol. The number of amides is 3. The average molecular weight is 673 g/mol. The molecule has 3 heterocycles. The second-order valence-electron chi connectivity index (χ2n) is 13.0. The Hall–Kier alpha value is -4.15. The van der Waals surface area contributed by atoms with Crippen LogP contribution in [0.3, 0.4) is 0 Å². The molecule has 3 aliphatic rings. The topological polar surface area (TPSA) is 103 Å². The molecule has 3 saturated heterocycles. The van der Waals surface area contributed by atoms with E-state index < -0.39 is 29.6 Å². The number of likely N-dealkylation sites (tertiary alicyclic amines) is 1. The number of carbonyl (C=O) groups excluding carboxylic acids is 3. The van der Waals surface area contributed by atoms with E-state index in [1.807, 2.05) is 55.5 Å². The fourth-order valence-corrected chi connectivity index (χ4v) is 8.08. The van der Waals surface area contributed by atoms with Crippen LogP contribution in [0.25, 0.3) is 0 Å². The molecule has 264 valence electrons. The molecule has 5 atom stereocenters. The van der Waals surface area contributed by atoms with Gasteiger partial charge in [0.05, 0.1) is 24.5 Å². The van der Waals surface area contributed by atoms with Gasteiger partial charge in [-0.25, -0.2) is 0 Å². The van der Waals surface area contributed by atoms with Crippen molar-refractivity contribution in [3.63, 3.8) is 0 Å². The summed E-state index contributed by atoms with van der Waals surface area (Å²) in [6, 6.07) is 14.3. The third-order valence-electron chi connectivity index (χ3n) is 10.3. The summed E-state index contributed by atoms with van der Waals surface area (Å²) in [5.41, 5.74) is 1.32. The standard InChI is InChI=1S/C39H52N4O6/c1-6-24-41(30-18-20-31(21-19-30)48-10-5)36(45)33-32-22-23-39(49-32)34(33)37(46)43(26-12-11-13-27-44)35(39)38(47)42(25-7-2)29-16-14-28(15-17-29)40(8-3)9-4/h6-7,14-21,32-35,44H,1-2,8-13,22-27H2,3-5H3/t32-,33+,34-,35?,39?/m0/s1. The molecule has 0 saturated carbocycles. The molecule has 49 heavy (non-hydrogen) atoms. The number of hydrogen-bond acceptors (Lipinski definition) is 7. The van der Waals surface area contributed by atoms with Gasteiger partial charge in [0.25, 0.3) is 5.91 Å². The number of hydrogen-bond donors (Lipinski definition) is 1. The van der Waals surface area contributed by atoms with Crippen LogP contribution in [0.15, 0.2) is 73.8 Å². The number of aliphatic hydroxyl groups excluding tert-OH is 1. The second-order valence-corrected chi connectivity index (χ2v) is 13.0. The van der Waals surface area contributed by atoms with E-state index in [0.29, 0.717) is 62.4 Å². The van der Waals surface area contributed by atoms with Crippen molar-refractivity contribution < 1.29 is 29.0 Å². The van der Waals surface area contributed by atoms with Gasteiger partial charge in [0, 0.05) is 56.4 Å². The van der Waals surface area contributed by atoms with Gasteiger partial charge in [-0.3, -0.25) is 14.4 Å². The number of anilines is 3. The minimum Gasteiger partial charge on any atom is -0.494 e. The first kappa shape index (κ1) is 36.1. The molecule has 2 unspecified atom stereocenters. The highest BCUT2D eigenvalue weighted by Crippen LogP contribution is 2.59. The highest BCUT2D eigenvalue weighted by molar-refractivity contribution is 6.06. The molecule has 5 rings (SSSR count). The lowest BCUT2D eigenvalue weighted by Gasteiger charge is -2.37. The van der Waals surface area contributed by atoms with Crippen LogP contribution in [0.1, 0.15) is 52.9 Å². The van der Waals surface area contributed by atoms with Gasteiger partial charge < -0.3 is 34.2 Å². The Morgan fingerprint density at radius 2 is 1.51 bits per heavy atom. The zero-order valence-electron chi connectivity index (χ0n) is 29.3. The summed E-state index contributed by atoms with van der Waals surface area (Å²) >= 11 is 0. The van der Waals surface area contributed by atoms with Crippen LogP contribution < -0.4 is 19.4 Å². The summed E-state index contributed by atoms with van der Waals surface area (Å²) in [7, 11) is 0. The van der Waals surface area contributed by atoms with Crippen molar-refractivity contribution in [2.24, 2.45) is 11.8 Å². The molecule has 3 aliphatic heterocycles. The summed E-state index contributed by atoms with van der Waals surface area (Å²) in [5, 5.41) is 9.41. The molecule has 0 aliphatic carbocycles. The number of ether oxygens (including phenoxy) is 2.